The van der Waals surface area contributed by atoms with Gasteiger partial charge in [0, 0.05) is 11.6 Å². The monoisotopic (exact) mass is 568 g/mol. The molecule has 3 aromatic rings. The zero-order valence-corrected chi connectivity index (χ0v) is 22.3. The number of amides is 4. The summed E-state index contributed by atoms with van der Waals surface area (Å²) in [5.41, 5.74) is 1.24. The van der Waals surface area contributed by atoms with Crippen molar-refractivity contribution < 1.29 is 33.4 Å². The molecule has 1 heterocycles. The van der Waals surface area contributed by atoms with Crippen molar-refractivity contribution in [1.29, 1.82) is 0 Å². The maximum atomic E-state index is 13.3. The van der Waals surface area contributed by atoms with Crippen LogP contribution in [0.4, 0.5) is 10.5 Å². The average molecular weight is 569 g/mol. The lowest BCUT2D eigenvalue weighted by Gasteiger charge is -2.26. The lowest BCUT2D eigenvalue weighted by molar-refractivity contribution is -0.122. The fourth-order valence-corrected chi connectivity index (χ4v) is 4.01. The maximum absolute atomic E-state index is 13.3. The number of methoxy groups -OCH3 is 1. The Kier molecular flexibility index (Phi) is 8.53. The number of rotatable bonds is 8. The number of benzene rings is 3. The first kappa shape index (κ1) is 27.7. The summed E-state index contributed by atoms with van der Waals surface area (Å²) in [7, 11) is 1.49. The van der Waals surface area contributed by atoms with Crippen molar-refractivity contribution in [3.05, 3.63) is 93.0 Å². The Morgan fingerprint density at radius 3 is 2.38 bits per heavy atom. The molecular formula is C28H22Cl2N2O7. The van der Waals surface area contributed by atoms with E-state index in [1.165, 1.54) is 37.5 Å². The number of esters is 1. The minimum absolute atomic E-state index is 0.109. The number of halogens is 2. The SMILES string of the molecule is CCOC(=O)c1ccc(N2C(=O)NC(=O)/C(=C\c3ccc(OC)cc3OCc3ccc(Cl)c(Cl)c3)C2=O)cc1. The van der Waals surface area contributed by atoms with Gasteiger partial charge in [-0.15, -0.1) is 0 Å². The van der Waals surface area contributed by atoms with Crippen molar-refractivity contribution >= 4 is 58.8 Å². The summed E-state index contributed by atoms with van der Waals surface area (Å²) < 4.78 is 16.2. The molecule has 0 aromatic heterocycles. The molecule has 0 spiro atoms. The van der Waals surface area contributed by atoms with Crippen LogP contribution in [-0.2, 0) is 20.9 Å². The molecule has 1 fully saturated rings. The molecule has 1 N–H and O–H groups in total. The number of imide groups is 2. The first-order valence-electron chi connectivity index (χ1n) is 11.6. The second kappa shape index (κ2) is 12.0. The Bertz CT molecular complexity index is 1490. The number of hydrogen-bond donors (Lipinski definition) is 1. The van der Waals surface area contributed by atoms with Gasteiger partial charge in [-0.3, -0.25) is 14.9 Å². The van der Waals surface area contributed by atoms with Gasteiger partial charge in [-0.25, -0.2) is 14.5 Å². The fourth-order valence-electron chi connectivity index (χ4n) is 3.68. The molecule has 1 aliphatic rings. The molecule has 200 valence electrons. The van der Waals surface area contributed by atoms with E-state index in [-0.39, 0.29) is 30.0 Å². The van der Waals surface area contributed by atoms with Crippen LogP contribution in [-0.4, -0.2) is 37.5 Å². The van der Waals surface area contributed by atoms with E-state index in [9.17, 15) is 19.2 Å². The highest BCUT2D eigenvalue weighted by molar-refractivity contribution is 6.42. The van der Waals surface area contributed by atoms with Crippen LogP contribution in [0.3, 0.4) is 0 Å². The van der Waals surface area contributed by atoms with Crippen LogP contribution in [0.5, 0.6) is 11.5 Å². The zero-order valence-electron chi connectivity index (χ0n) is 20.8. The number of barbiturate groups is 1. The lowest BCUT2D eigenvalue weighted by atomic mass is 10.1. The molecule has 0 atom stereocenters. The van der Waals surface area contributed by atoms with Crippen LogP contribution in [0.1, 0.15) is 28.4 Å². The summed E-state index contributed by atoms with van der Waals surface area (Å²) in [6, 6.07) is 14.7. The highest BCUT2D eigenvalue weighted by Crippen LogP contribution is 2.30. The van der Waals surface area contributed by atoms with E-state index in [1.807, 2.05) is 0 Å². The Morgan fingerprint density at radius 2 is 1.72 bits per heavy atom. The summed E-state index contributed by atoms with van der Waals surface area (Å²) in [6.07, 6.45) is 1.33. The minimum Gasteiger partial charge on any atom is -0.497 e. The number of ether oxygens (including phenoxy) is 3. The third-order valence-corrected chi connectivity index (χ3v) is 6.38. The number of urea groups is 1. The van der Waals surface area contributed by atoms with Gasteiger partial charge in [0.1, 0.15) is 23.7 Å². The molecule has 0 radical (unpaired) electrons. The molecule has 0 aliphatic carbocycles. The van der Waals surface area contributed by atoms with E-state index in [2.05, 4.69) is 5.32 Å². The second-order valence-corrected chi connectivity index (χ2v) is 8.98. The zero-order chi connectivity index (χ0) is 28.1. The van der Waals surface area contributed by atoms with Gasteiger partial charge in [0.05, 0.1) is 35.0 Å². The number of anilines is 1. The predicted octanol–water partition coefficient (Wildman–Crippen LogP) is 5.42. The number of carbonyl (C=O) groups excluding carboxylic acids is 4. The van der Waals surface area contributed by atoms with Crippen LogP contribution >= 0.6 is 23.2 Å². The van der Waals surface area contributed by atoms with Crippen molar-refractivity contribution in [1.82, 2.24) is 5.32 Å². The molecule has 4 rings (SSSR count). The van der Waals surface area contributed by atoms with E-state index in [0.717, 1.165) is 10.5 Å². The number of nitrogens with one attached hydrogen (secondary N) is 1. The van der Waals surface area contributed by atoms with Gasteiger partial charge in [-0.05, 0) is 67.1 Å². The van der Waals surface area contributed by atoms with Gasteiger partial charge in [0.15, 0.2) is 0 Å². The molecule has 9 nitrogen and oxygen atoms in total. The largest absolute Gasteiger partial charge is 0.497 e. The number of hydrogen-bond acceptors (Lipinski definition) is 7. The van der Waals surface area contributed by atoms with Crippen LogP contribution < -0.4 is 19.7 Å². The van der Waals surface area contributed by atoms with Crippen molar-refractivity contribution in [3.63, 3.8) is 0 Å². The summed E-state index contributed by atoms with van der Waals surface area (Å²) in [4.78, 5) is 51.4. The smallest absolute Gasteiger partial charge is 0.338 e. The topological polar surface area (TPSA) is 111 Å². The van der Waals surface area contributed by atoms with Gasteiger partial charge < -0.3 is 14.2 Å². The summed E-state index contributed by atoms with van der Waals surface area (Å²) in [5.74, 6) is -1.45. The molecule has 4 amide bonds. The Morgan fingerprint density at radius 1 is 0.974 bits per heavy atom. The van der Waals surface area contributed by atoms with E-state index < -0.39 is 23.8 Å². The number of carbonyl (C=O) groups is 4. The van der Waals surface area contributed by atoms with E-state index in [0.29, 0.717) is 27.1 Å². The first-order chi connectivity index (χ1) is 18.7. The highest BCUT2D eigenvalue weighted by Gasteiger charge is 2.37. The van der Waals surface area contributed by atoms with Gasteiger partial charge >= 0.3 is 12.0 Å². The van der Waals surface area contributed by atoms with Crippen LogP contribution in [0.25, 0.3) is 6.08 Å². The van der Waals surface area contributed by atoms with Crippen molar-refractivity contribution in [2.75, 3.05) is 18.6 Å². The van der Waals surface area contributed by atoms with Gasteiger partial charge in [-0.2, -0.15) is 0 Å². The summed E-state index contributed by atoms with van der Waals surface area (Å²) >= 11 is 12.1. The van der Waals surface area contributed by atoms with Crippen molar-refractivity contribution in [2.24, 2.45) is 0 Å². The molecule has 1 aliphatic heterocycles. The molecule has 3 aromatic carbocycles. The van der Waals surface area contributed by atoms with Gasteiger partial charge in [0.2, 0.25) is 0 Å². The standard InChI is InChI=1S/C28H22Cl2N2O7/c1-3-38-27(35)17-5-8-19(9-6-17)32-26(34)21(25(33)31-28(32)36)13-18-7-10-20(37-2)14-24(18)39-15-16-4-11-22(29)23(30)12-16/h4-14H,3,15H2,1-2H3,(H,31,33,36)/b21-13+. The maximum Gasteiger partial charge on any atom is 0.338 e. The third kappa shape index (κ3) is 6.22. The van der Waals surface area contributed by atoms with E-state index >= 15 is 0 Å². The minimum atomic E-state index is -0.920. The lowest BCUT2D eigenvalue weighted by Crippen LogP contribution is -2.54. The third-order valence-electron chi connectivity index (χ3n) is 5.64. The Hall–Kier alpha value is -4.34. The molecule has 0 saturated carbocycles. The highest BCUT2D eigenvalue weighted by atomic mass is 35.5. The Labute approximate surface area is 233 Å². The first-order valence-corrected chi connectivity index (χ1v) is 12.4. The predicted molar refractivity (Wildman–Crippen MR) is 145 cm³/mol. The molecule has 1 saturated heterocycles. The van der Waals surface area contributed by atoms with E-state index in [1.54, 1.807) is 43.3 Å². The molecule has 0 bridgehead atoms. The molecule has 11 heteroatoms. The number of nitrogens with zero attached hydrogens (tertiary/aromatic N) is 1. The van der Waals surface area contributed by atoms with Crippen LogP contribution in [0.2, 0.25) is 10.0 Å². The Balaban J connectivity index is 1.64. The molecule has 39 heavy (non-hydrogen) atoms. The quantitative estimate of drug-likeness (QED) is 0.219. The van der Waals surface area contributed by atoms with Crippen molar-refractivity contribution in [2.45, 2.75) is 13.5 Å². The normalized spacial score (nSPS) is 14.3. The van der Waals surface area contributed by atoms with E-state index in [4.69, 9.17) is 37.4 Å². The van der Waals surface area contributed by atoms with Crippen LogP contribution in [0.15, 0.2) is 66.2 Å². The fraction of sp³-hybridized carbons (Fsp3) is 0.143. The van der Waals surface area contributed by atoms with Crippen molar-refractivity contribution in [3.8, 4) is 11.5 Å². The molecular weight excluding hydrogens is 547 g/mol. The molecule has 0 unspecified atom stereocenters. The van der Waals surface area contributed by atoms with Gasteiger partial charge in [-0.1, -0.05) is 29.3 Å². The van der Waals surface area contributed by atoms with Gasteiger partial charge in [0.25, 0.3) is 11.8 Å². The van der Waals surface area contributed by atoms with Crippen LogP contribution in [0, 0.1) is 0 Å². The second-order valence-electron chi connectivity index (χ2n) is 8.17. The average Bonchev–Trinajstić information content (AvgIpc) is 2.92. The summed E-state index contributed by atoms with van der Waals surface area (Å²) in [6.45, 7) is 1.99. The summed E-state index contributed by atoms with van der Waals surface area (Å²) in [5, 5.41) is 2.95.